The van der Waals surface area contributed by atoms with Crippen LogP contribution in [0.2, 0.25) is 0 Å². The van der Waals surface area contributed by atoms with Gasteiger partial charge in [0.1, 0.15) is 5.41 Å². The summed E-state index contributed by atoms with van der Waals surface area (Å²) in [6.45, 7) is 3.78. The van der Waals surface area contributed by atoms with Crippen LogP contribution in [0.15, 0.2) is 0 Å². The Hall–Kier alpha value is -0.390. The van der Waals surface area contributed by atoms with E-state index in [1.54, 1.807) is 6.92 Å². The Morgan fingerprint density at radius 2 is 1.62 bits per heavy atom. The van der Waals surface area contributed by atoms with Crippen molar-refractivity contribution in [1.29, 1.82) is 0 Å². The number of barbiturate groups is 1. The topological polar surface area (TPSA) is 75.3 Å². The predicted molar refractivity (Wildman–Crippen MR) is 55.0 cm³/mol. The molecule has 0 aromatic heterocycles. The molecule has 1 fully saturated rings. The van der Waals surface area contributed by atoms with Crippen LogP contribution in [0, 0.1) is 5.41 Å². The Kier molecular flexibility index (Phi) is 6.22. The summed E-state index contributed by atoms with van der Waals surface area (Å²) in [6, 6.07) is -0.717. The van der Waals surface area contributed by atoms with Gasteiger partial charge >= 0.3 is 35.6 Å². The Morgan fingerprint density at radius 3 is 2.00 bits per heavy atom. The first-order valence-electron chi connectivity index (χ1n) is 5.23. The molecule has 2 N–H and O–H groups in total. The van der Waals surface area contributed by atoms with Crippen molar-refractivity contribution < 1.29 is 45.4 Å². The average molecular weight is 236 g/mol. The van der Waals surface area contributed by atoms with Crippen molar-refractivity contribution >= 4 is 17.8 Å². The second kappa shape index (κ2) is 6.37. The van der Waals surface area contributed by atoms with Crippen LogP contribution < -0.4 is 40.2 Å². The number of unbranched alkanes of at least 4 members (excludes halogenated alkanes) is 1. The standard InChI is InChI=1S/C10H16N2O3.Na.H/c1-3-5-6-10(4-2)7(13)11-9(15)12-8(10)14;;/h3-6H2,1-2H3,(H2,11,12,13,14,15);;/q;+1;-1. The number of carbonyl (C=O) groups excluding carboxylic acids is 3. The van der Waals surface area contributed by atoms with Gasteiger partial charge in [-0.3, -0.25) is 20.2 Å². The van der Waals surface area contributed by atoms with E-state index in [4.69, 9.17) is 0 Å². The maximum absolute atomic E-state index is 11.7. The molecule has 1 rings (SSSR count). The number of carbonyl (C=O) groups is 3. The summed E-state index contributed by atoms with van der Waals surface area (Å²) in [5.74, 6) is -0.931. The molecule has 0 spiro atoms. The van der Waals surface area contributed by atoms with Crippen molar-refractivity contribution in [3.05, 3.63) is 0 Å². The molecule has 86 valence electrons. The van der Waals surface area contributed by atoms with E-state index in [9.17, 15) is 14.4 Å². The molecular formula is C10H17N2NaO3. The van der Waals surface area contributed by atoms with Crippen LogP contribution in [0.1, 0.15) is 41.0 Å². The van der Waals surface area contributed by atoms with Gasteiger partial charge < -0.3 is 1.43 Å². The largest absolute Gasteiger partial charge is 1.00 e. The van der Waals surface area contributed by atoms with E-state index in [2.05, 4.69) is 10.6 Å². The summed E-state index contributed by atoms with van der Waals surface area (Å²) < 4.78 is 0. The Morgan fingerprint density at radius 1 is 1.12 bits per heavy atom. The van der Waals surface area contributed by atoms with E-state index in [0.717, 1.165) is 12.8 Å². The summed E-state index contributed by atoms with van der Waals surface area (Å²) in [7, 11) is 0. The quantitative estimate of drug-likeness (QED) is 0.440. The van der Waals surface area contributed by atoms with Gasteiger partial charge in [-0.05, 0) is 12.8 Å². The third-order valence-corrected chi connectivity index (χ3v) is 2.88. The zero-order valence-corrected chi connectivity index (χ0v) is 12.1. The van der Waals surface area contributed by atoms with Gasteiger partial charge in [-0.25, -0.2) is 4.79 Å². The summed E-state index contributed by atoms with van der Waals surface area (Å²) in [6.07, 6.45) is 2.61. The van der Waals surface area contributed by atoms with Crippen molar-refractivity contribution in [1.82, 2.24) is 10.6 Å². The Labute approximate surface area is 119 Å². The molecule has 0 saturated carbocycles. The molecule has 1 saturated heterocycles. The number of hydrogen-bond acceptors (Lipinski definition) is 3. The summed E-state index contributed by atoms with van der Waals surface area (Å²) in [4.78, 5) is 34.3. The van der Waals surface area contributed by atoms with Gasteiger partial charge in [0.25, 0.3) is 0 Å². The maximum Gasteiger partial charge on any atom is 1.00 e. The van der Waals surface area contributed by atoms with Crippen LogP contribution in [0.25, 0.3) is 0 Å². The zero-order chi connectivity index (χ0) is 11.5. The van der Waals surface area contributed by atoms with Gasteiger partial charge in [-0.15, -0.1) is 0 Å². The molecule has 1 aliphatic rings. The van der Waals surface area contributed by atoms with E-state index in [0.29, 0.717) is 12.8 Å². The van der Waals surface area contributed by atoms with Gasteiger partial charge in [-0.1, -0.05) is 26.7 Å². The number of nitrogens with one attached hydrogen (secondary N) is 2. The number of imide groups is 2. The molecular weight excluding hydrogens is 219 g/mol. The van der Waals surface area contributed by atoms with E-state index >= 15 is 0 Å². The van der Waals surface area contributed by atoms with Gasteiger partial charge in [0.05, 0.1) is 0 Å². The number of rotatable bonds is 4. The summed E-state index contributed by atoms with van der Waals surface area (Å²) >= 11 is 0. The molecule has 1 heterocycles. The molecule has 0 atom stereocenters. The Bertz CT molecular complexity index is 290. The fraction of sp³-hybridized carbons (Fsp3) is 0.700. The molecule has 0 radical (unpaired) electrons. The Balaban J connectivity index is 0. The van der Waals surface area contributed by atoms with E-state index < -0.39 is 23.3 Å². The minimum Gasteiger partial charge on any atom is -1.00 e. The molecule has 16 heavy (non-hydrogen) atoms. The normalized spacial score (nSPS) is 18.5. The van der Waals surface area contributed by atoms with Gasteiger partial charge in [-0.2, -0.15) is 0 Å². The first-order chi connectivity index (χ1) is 7.06. The molecule has 0 aromatic carbocycles. The number of amides is 4. The van der Waals surface area contributed by atoms with Crippen LogP contribution in [-0.2, 0) is 9.59 Å². The fourth-order valence-electron chi connectivity index (χ4n) is 1.78. The fourth-order valence-corrected chi connectivity index (χ4v) is 1.78. The predicted octanol–water partition coefficient (Wildman–Crippen LogP) is -1.94. The minimum absolute atomic E-state index is 0. The van der Waals surface area contributed by atoms with Gasteiger partial charge in [0.15, 0.2) is 0 Å². The van der Waals surface area contributed by atoms with Crippen LogP contribution in [0.4, 0.5) is 4.79 Å². The smallest absolute Gasteiger partial charge is 1.00 e. The first-order valence-corrected chi connectivity index (χ1v) is 5.23. The minimum atomic E-state index is -1.05. The second-order valence-corrected chi connectivity index (χ2v) is 3.78. The van der Waals surface area contributed by atoms with Crippen molar-refractivity contribution in [3.63, 3.8) is 0 Å². The third-order valence-electron chi connectivity index (χ3n) is 2.88. The summed E-state index contributed by atoms with van der Waals surface area (Å²) in [5, 5.41) is 4.30. The van der Waals surface area contributed by atoms with Gasteiger partial charge in [0.2, 0.25) is 11.8 Å². The van der Waals surface area contributed by atoms with Crippen LogP contribution in [0.5, 0.6) is 0 Å². The van der Waals surface area contributed by atoms with Crippen LogP contribution in [-0.4, -0.2) is 17.8 Å². The molecule has 0 aliphatic carbocycles. The molecule has 0 aromatic rings. The zero-order valence-electron chi connectivity index (χ0n) is 11.1. The molecule has 0 unspecified atom stereocenters. The SMILES string of the molecule is CCCCC1(CC)C(=O)NC(=O)NC1=O.[H-].[Na+]. The maximum atomic E-state index is 11.7. The molecule has 5 nitrogen and oxygen atoms in total. The van der Waals surface area contributed by atoms with Crippen molar-refractivity contribution in [2.24, 2.45) is 5.41 Å². The molecule has 0 bridgehead atoms. The number of urea groups is 1. The summed E-state index contributed by atoms with van der Waals surface area (Å²) in [5.41, 5.74) is -1.05. The third kappa shape index (κ3) is 2.84. The number of hydrogen-bond donors (Lipinski definition) is 2. The molecule has 4 amide bonds. The van der Waals surface area contributed by atoms with Crippen molar-refractivity contribution in [2.45, 2.75) is 39.5 Å². The monoisotopic (exact) mass is 236 g/mol. The molecule has 1 aliphatic heterocycles. The molecule has 6 heteroatoms. The van der Waals surface area contributed by atoms with E-state index in [-0.39, 0.29) is 31.0 Å². The van der Waals surface area contributed by atoms with Gasteiger partial charge in [0, 0.05) is 0 Å². The average Bonchev–Trinajstić information content (AvgIpc) is 2.17. The van der Waals surface area contributed by atoms with Crippen molar-refractivity contribution in [2.75, 3.05) is 0 Å². The van der Waals surface area contributed by atoms with Crippen LogP contribution >= 0.6 is 0 Å². The first kappa shape index (κ1) is 15.6. The van der Waals surface area contributed by atoms with E-state index in [1.165, 1.54) is 0 Å². The van der Waals surface area contributed by atoms with E-state index in [1.807, 2.05) is 6.92 Å². The van der Waals surface area contributed by atoms with Crippen molar-refractivity contribution in [3.8, 4) is 0 Å². The second-order valence-electron chi connectivity index (χ2n) is 3.78. The van der Waals surface area contributed by atoms with Crippen LogP contribution in [0.3, 0.4) is 0 Å².